The molecule has 0 radical (unpaired) electrons. The highest BCUT2D eigenvalue weighted by Gasteiger charge is 2.15. The lowest BCUT2D eigenvalue weighted by molar-refractivity contribution is 0.0920. The third kappa shape index (κ3) is 3.99. The molecule has 1 amide bonds. The molecule has 3 rings (SSSR count). The topological polar surface area (TPSA) is 88.2 Å². The van der Waals surface area contributed by atoms with E-state index < -0.39 is 5.91 Å². The van der Waals surface area contributed by atoms with E-state index in [1.54, 1.807) is 24.3 Å². The fraction of sp³-hybridized carbons (Fsp3) is 0.118. The fourth-order valence-corrected chi connectivity index (χ4v) is 2.51. The van der Waals surface area contributed by atoms with Crippen LogP contribution in [0.25, 0.3) is 11.5 Å². The quantitative estimate of drug-likeness (QED) is 0.701. The molecular formula is C17H14BrN3O3. The van der Waals surface area contributed by atoms with Gasteiger partial charge in [0.05, 0.1) is 0 Å². The molecule has 0 fully saturated rings. The summed E-state index contributed by atoms with van der Waals surface area (Å²) in [4.78, 5) is 12.0. The molecule has 0 saturated carbocycles. The minimum absolute atomic E-state index is 0.0734. The van der Waals surface area contributed by atoms with E-state index in [2.05, 4.69) is 31.4 Å². The molecule has 24 heavy (non-hydrogen) atoms. The number of halogens is 1. The molecule has 0 aliphatic rings. The second kappa shape index (κ2) is 7.27. The fourth-order valence-electron chi connectivity index (χ4n) is 2.11. The zero-order chi connectivity index (χ0) is 16.9. The maximum Gasteiger partial charge on any atom is 0.308 e. The van der Waals surface area contributed by atoms with Crippen LogP contribution < -0.4 is 5.32 Å². The minimum atomic E-state index is -0.414. The minimum Gasteiger partial charge on any atom is -0.508 e. The summed E-state index contributed by atoms with van der Waals surface area (Å²) in [6.07, 6.45) is 0.638. The molecule has 122 valence electrons. The number of carbonyl (C=O) groups excluding carboxylic acids is 1. The lowest BCUT2D eigenvalue weighted by Crippen LogP contribution is -2.26. The Hall–Kier alpha value is -2.67. The highest BCUT2D eigenvalue weighted by molar-refractivity contribution is 9.10. The van der Waals surface area contributed by atoms with Crippen molar-refractivity contribution < 1.29 is 14.3 Å². The van der Waals surface area contributed by atoms with Crippen LogP contribution in [-0.4, -0.2) is 27.8 Å². The summed E-state index contributed by atoms with van der Waals surface area (Å²) in [7, 11) is 0. The van der Waals surface area contributed by atoms with Crippen LogP contribution in [0.2, 0.25) is 0 Å². The standard InChI is InChI=1S/C17H14BrN3O3/c18-13-3-1-2-12(10-13)16-20-21-17(24-16)15(23)19-9-8-11-4-6-14(22)7-5-11/h1-7,10,22H,8-9H2,(H,19,23). The van der Waals surface area contributed by atoms with Gasteiger partial charge < -0.3 is 14.8 Å². The predicted molar refractivity (Wildman–Crippen MR) is 91.6 cm³/mol. The van der Waals surface area contributed by atoms with Gasteiger partial charge in [0, 0.05) is 16.6 Å². The van der Waals surface area contributed by atoms with Crippen molar-refractivity contribution in [3.05, 3.63) is 64.5 Å². The number of aromatic nitrogens is 2. The molecule has 2 aromatic carbocycles. The first-order valence-corrected chi connectivity index (χ1v) is 8.07. The molecule has 0 unspecified atom stereocenters. The maximum atomic E-state index is 12.0. The Morgan fingerprint density at radius 1 is 1.17 bits per heavy atom. The van der Waals surface area contributed by atoms with E-state index in [0.717, 1.165) is 15.6 Å². The molecular weight excluding hydrogens is 374 g/mol. The first-order chi connectivity index (χ1) is 11.6. The Morgan fingerprint density at radius 2 is 1.96 bits per heavy atom. The van der Waals surface area contributed by atoms with Gasteiger partial charge in [-0.2, -0.15) is 0 Å². The van der Waals surface area contributed by atoms with E-state index in [1.807, 2.05) is 24.3 Å². The third-order valence-electron chi connectivity index (χ3n) is 3.33. The zero-order valence-corrected chi connectivity index (χ0v) is 14.2. The number of carbonyl (C=O) groups is 1. The predicted octanol–water partition coefficient (Wildman–Crippen LogP) is 3.18. The number of phenolic OH excluding ortho intramolecular Hbond substituents is 1. The molecule has 0 saturated heterocycles. The number of rotatable bonds is 5. The average Bonchev–Trinajstić information content (AvgIpc) is 3.07. The Bertz CT molecular complexity index is 846. The summed E-state index contributed by atoms with van der Waals surface area (Å²) < 4.78 is 6.30. The van der Waals surface area contributed by atoms with Gasteiger partial charge in [-0.1, -0.05) is 34.1 Å². The summed E-state index contributed by atoms with van der Waals surface area (Å²) in [5.74, 6) is 0.0203. The summed E-state index contributed by atoms with van der Waals surface area (Å²) >= 11 is 3.37. The van der Waals surface area contributed by atoms with Gasteiger partial charge in [0.25, 0.3) is 0 Å². The smallest absolute Gasteiger partial charge is 0.308 e. The Kier molecular flexibility index (Phi) is 4.90. The van der Waals surface area contributed by atoms with Gasteiger partial charge >= 0.3 is 11.8 Å². The lowest BCUT2D eigenvalue weighted by Gasteiger charge is -2.03. The van der Waals surface area contributed by atoms with Crippen LogP contribution in [0.3, 0.4) is 0 Å². The van der Waals surface area contributed by atoms with Crippen LogP contribution in [0.4, 0.5) is 0 Å². The number of aromatic hydroxyl groups is 1. The second-order valence-corrected chi connectivity index (χ2v) is 6.01. The number of benzene rings is 2. The van der Waals surface area contributed by atoms with E-state index >= 15 is 0 Å². The van der Waals surface area contributed by atoms with Crippen LogP contribution >= 0.6 is 15.9 Å². The van der Waals surface area contributed by atoms with Crippen LogP contribution in [0.15, 0.2) is 57.4 Å². The number of hydrogen-bond donors (Lipinski definition) is 2. The summed E-state index contributed by atoms with van der Waals surface area (Å²) in [5.41, 5.74) is 1.74. The second-order valence-electron chi connectivity index (χ2n) is 5.10. The molecule has 3 aromatic rings. The molecule has 0 aliphatic heterocycles. The number of hydrogen-bond acceptors (Lipinski definition) is 5. The van der Waals surface area contributed by atoms with E-state index in [1.165, 1.54) is 0 Å². The van der Waals surface area contributed by atoms with Gasteiger partial charge in [0.1, 0.15) is 5.75 Å². The normalized spacial score (nSPS) is 10.5. The molecule has 1 heterocycles. The first-order valence-electron chi connectivity index (χ1n) is 7.27. The summed E-state index contributed by atoms with van der Waals surface area (Å²) in [6.45, 7) is 0.429. The summed E-state index contributed by atoms with van der Waals surface area (Å²) in [6, 6.07) is 14.2. The molecule has 1 aromatic heterocycles. The van der Waals surface area contributed by atoms with E-state index in [4.69, 9.17) is 4.42 Å². The van der Waals surface area contributed by atoms with Crippen LogP contribution in [0.1, 0.15) is 16.2 Å². The van der Waals surface area contributed by atoms with E-state index in [9.17, 15) is 9.90 Å². The number of phenols is 1. The molecule has 2 N–H and O–H groups in total. The van der Waals surface area contributed by atoms with Crippen molar-refractivity contribution in [2.24, 2.45) is 0 Å². The number of nitrogens with zero attached hydrogens (tertiary/aromatic N) is 2. The maximum absolute atomic E-state index is 12.0. The Morgan fingerprint density at radius 3 is 2.71 bits per heavy atom. The average molecular weight is 388 g/mol. The molecule has 0 atom stereocenters. The highest BCUT2D eigenvalue weighted by Crippen LogP contribution is 2.21. The van der Waals surface area contributed by atoms with E-state index in [0.29, 0.717) is 18.9 Å². The molecule has 0 spiro atoms. The van der Waals surface area contributed by atoms with Gasteiger partial charge in [0.15, 0.2) is 0 Å². The van der Waals surface area contributed by atoms with Gasteiger partial charge in [0.2, 0.25) is 5.89 Å². The lowest BCUT2D eigenvalue weighted by atomic mass is 10.1. The molecule has 6 nitrogen and oxygen atoms in total. The van der Waals surface area contributed by atoms with Crippen LogP contribution in [0, 0.1) is 0 Å². The van der Waals surface area contributed by atoms with Crippen molar-refractivity contribution in [2.75, 3.05) is 6.54 Å². The van der Waals surface area contributed by atoms with Crippen molar-refractivity contribution in [2.45, 2.75) is 6.42 Å². The number of amides is 1. The molecule has 0 aliphatic carbocycles. The van der Waals surface area contributed by atoms with Crippen molar-refractivity contribution in [3.63, 3.8) is 0 Å². The van der Waals surface area contributed by atoms with Crippen molar-refractivity contribution in [3.8, 4) is 17.2 Å². The zero-order valence-electron chi connectivity index (χ0n) is 12.6. The molecule has 7 heteroatoms. The Labute approximate surface area is 146 Å². The third-order valence-corrected chi connectivity index (χ3v) is 3.82. The summed E-state index contributed by atoms with van der Waals surface area (Å²) in [5, 5.41) is 19.6. The highest BCUT2D eigenvalue weighted by atomic mass is 79.9. The van der Waals surface area contributed by atoms with Crippen molar-refractivity contribution >= 4 is 21.8 Å². The van der Waals surface area contributed by atoms with Crippen molar-refractivity contribution in [1.29, 1.82) is 0 Å². The SMILES string of the molecule is O=C(NCCc1ccc(O)cc1)c1nnc(-c2cccc(Br)c2)o1. The van der Waals surface area contributed by atoms with Crippen LogP contribution in [-0.2, 0) is 6.42 Å². The van der Waals surface area contributed by atoms with Crippen LogP contribution in [0.5, 0.6) is 5.75 Å². The largest absolute Gasteiger partial charge is 0.508 e. The van der Waals surface area contributed by atoms with Gasteiger partial charge in [-0.05, 0) is 42.3 Å². The molecule has 0 bridgehead atoms. The van der Waals surface area contributed by atoms with Gasteiger partial charge in [-0.15, -0.1) is 10.2 Å². The van der Waals surface area contributed by atoms with Gasteiger partial charge in [-0.25, -0.2) is 0 Å². The Balaban J connectivity index is 1.58. The number of nitrogens with one attached hydrogen (secondary N) is 1. The monoisotopic (exact) mass is 387 g/mol. The first kappa shape index (κ1) is 16.2. The van der Waals surface area contributed by atoms with Crippen molar-refractivity contribution in [1.82, 2.24) is 15.5 Å². The van der Waals surface area contributed by atoms with E-state index in [-0.39, 0.29) is 11.6 Å². The van der Waals surface area contributed by atoms with Gasteiger partial charge in [-0.3, -0.25) is 4.79 Å².